The zero-order chi connectivity index (χ0) is 20.6. The van der Waals surface area contributed by atoms with Gasteiger partial charge >= 0.3 is 0 Å². The molecule has 2 aromatic rings. The van der Waals surface area contributed by atoms with Crippen molar-refractivity contribution in [2.24, 2.45) is 4.99 Å². The van der Waals surface area contributed by atoms with Crippen LogP contribution in [0.25, 0.3) is 0 Å². The first-order valence-electron chi connectivity index (χ1n) is 11.3. The van der Waals surface area contributed by atoms with Gasteiger partial charge in [0.2, 0.25) is 0 Å². The van der Waals surface area contributed by atoms with Gasteiger partial charge in [-0.3, -0.25) is 4.99 Å². The van der Waals surface area contributed by atoms with Gasteiger partial charge in [-0.1, -0.05) is 70.5 Å². The Morgan fingerprint density at radius 2 is 1.55 bits per heavy atom. The van der Waals surface area contributed by atoms with Crippen molar-refractivity contribution >= 4 is 17.6 Å². The van der Waals surface area contributed by atoms with Crippen LogP contribution in [0.15, 0.2) is 47.5 Å². The Kier molecular flexibility index (Phi) is 7.88. The van der Waals surface area contributed by atoms with E-state index in [0.29, 0.717) is 11.8 Å². The van der Waals surface area contributed by atoms with E-state index in [1.165, 1.54) is 49.2 Å². The van der Waals surface area contributed by atoms with Crippen LogP contribution in [-0.4, -0.2) is 37.3 Å². The lowest BCUT2D eigenvalue weighted by molar-refractivity contribution is 0.235. The fourth-order valence-corrected chi connectivity index (χ4v) is 4.10. The van der Waals surface area contributed by atoms with Crippen molar-refractivity contribution in [1.82, 2.24) is 4.90 Å². The van der Waals surface area contributed by atoms with E-state index in [4.69, 9.17) is 4.99 Å². The standard InChI is InChI=1S/C26H37N3/c1-20(2)23-12-10-13-24(21(3)4)26(23)28-25-14-7-6-11-22(25)19-27-15-18-29-16-8-5-9-17-29/h6-7,10-14,19-21,28H,5,8-9,15-18H2,1-4H3. The van der Waals surface area contributed by atoms with Crippen LogP contribution in [-0.2, 0) is 0 Å². The van der Waals surface area contributed by atoms with Crippen molar-refractivity contribution < 1.29 is 0 Å². The van der Waals surface area contributed by atoms with Gasteiger partial charge in [-0.15, -0.1) is 0 Å². The molecule has 1 fully saturated rings. The lowest BCUT2D eigenvalue weighted by Crippen LogP contribution is -2.31. The van der Waals surface area contributed by atoms with Crippen LogP contribution < -0.4 is 5.32 Å². The summed E-state index contributed by atoms with van der Waals surface area (Å²) < 4.78 is 0. The van der Waals surface area contributed by atoms with Crippen molar-refractivity contribution in [3.8, 4) is 0 Å². The first-order valence-corrected chi connectivity index (χ1v) is 11.3. The van der Waals surface area contributed by atoms with Gasteiger partial charge in [0.15, 0.2) is 0 Å². The second-order valence-corrected chi connectivity index (χ2v) is 8.77. The molecule has 0 amide bonds. The molecule has 0 unspecified atom stereocenters. The van der Waals surface area contributed by atoms with Crippen LogP contribution in [0.1, 0.15) is 75.5 Å². The van der Waals surface area contributed by atoms with Crippen LogP contribution >= 0.6 is 0 Å². The van der Waals surface area contributed by atoms with E-state index in [1.54, 1.807) is 0 Å². The summed E-state index contributed by atoms with van der Waals surface area (Å²) in [6.07, 6.45) is 6.10. The summed E-state index contributed by atoms with van der Waals surface area (Å²) >= 11 is 0. The van der Waals surface area contributed by atoms with Gasteiger partial charge in [-0.2, -0.15) is 0 Å². The summed E-state index contributed by atoms with van der Waals surface area (Å²) in [5, 5.41) is 3.76. The molecule has 0 aromatic heterocycles. The van der Waals surface area contributed by atoms with E-state index in [1.807, 2.05) is 6.21 Å². The number of piperidine rings is 1. The first kappa shape index (κ1) is 21.6. The molecule has 0 spiro atoms. The number of benzene rings is 2. The number of nitrogens with zero attached hydrogens (tertiary/aromatic N) is 2. The average Bonchev–Trinajstić information content (AvgIpc) is 2.73. The molecule has 0 radical (unpaired) electrons. The predicted octanol–water partition coefficient (Wildman–Crippen LogP) is 6.58. The Morgan fingerprint density at radius 3 is 2.21 bits per heavy atom. The van der Waals surface area contributed by atoms with Crippen molar-refractivity contribution in [1.29, 1.82) is 0 Å². The van der Waals surface area contributed by atoms with E-state index in [2.05, 4.69) is 80.4 Å². The molecule has 3 heteroatoms. The van der Waals surface area contributed by atoms with E-state index < -0.39 is 0 Å². The molecule has 0 saturated carbocycles. The Balaban J connectivity index is 1.76. The Bertz CT molecular complexity index is 775. The highest BCUT2D eigenvalue weighted by Crippen LogP contribution is 2.35. The predicted molar refractivity (Wildman–Crippen MR) is 127 cm³/mol. The summed E-state index contributed by atoms with van der Waals surface area (Å²) in [5.74, 6) is 0.947. The van der Waals surface area contributed by atoms with Gasteiger partial charge in [-0.25, -0.2) is 0 Å². The van der Waals surface area contributed by atoms with Crippen molar-refractivity contribution in [3.05, 3.63) is 59.2 Å². The molecule has 1 heterocycles. The molecule has 156 valence electrons. The molecule has 1 aliphatic rings. The lowest BCUT2D eigenvalue weighted by atomic mass is 9.92. The molecule has 0 bridgehead atoms. The minimum absolute atomic E-state index is 0.474. The molecule has 0 atom stereocenters. The number of hydrogen-bond donors (Lipinski definition) is 1. The highest BCUT2D eigenvalue weighted by Gasteiger charge is 2.15. The van der Waals surface area contributed by atoms with Gasteiger partial charge in [0.1, 0.15) is 0 Å². The highest BCUT2D eigenvalue weighted by atomic mass is 15.1. The minimum atomic E-state index is 0.474. The van der Waals surface area contributed by atoms with Crippen LogP contribution in [0.2, 0.25) is 0 Å². The summed E-state index contributed by atoms with van der Waals surface area (Å²) in [4.78, 5) is 7.29. The second kappa shape index (κ2) is 10.6. The maximum Gasteiger partial charge on any atom is 0.0517 e. The smallest absolute Gasteiger partial charge is 0.0517 e. The molecule has 29 heavy (non-hydrogen) atoms. The molecular weight excluding hydrogens is 354 g/mol. The van der Waals surface area contributed by atoms with E-state index in [-0.39, 0.29) is 0 Å². The van der Waals surface area contributed by atoms with E-state index >= 15 is 0 Å². The summed E-state index contributed by atoms with van der Waals surface area (Å²) in [5.41, 5.74) is 6.27. The molecule has 3 rings (SSSR count). The number of hydrogen-bond acceptors (Lipinski definition) is 3. The molecule has 1 N–H and O–H groups in total. The van der Waals surface area contributed by atoms with E-state index in [9.17, 15) is 0 Å². The Morgan fingerprint density at radius 1 is 0.897 bits per heavy atom. The van der Waals surface area contributed by atoms with Crippen molar-refractivity contribution in [2.75, 3.05) is 31.5 Å². The first-order chi connectivity index (χ1) is 14.1. The van der Waals surface area contributed by atoms with Gasteiger partial charge in [0.25, 0.3) is 0 Å². The summed E-state index contributed by atoms with van der Waals surface area (Å²) in [7, 11) is 0. The molecule has 0 aliphatic carbocycles. The quantitative estimate of drug-likeness (QED) is 0.515. The van der Waals surface area contributed by atoms with Gasteiger partial charge in [0.05, 0.1) is 6.54 Å². The van der Waals surface area contributed by atoms with Crippen molar-refractivity contribution in [3.63, 3.8) is 0 Å². The number of likely N-dealkylation sites (tertiary alicyclic amines) is 1. The summed E-state index contributed by atoms with van der Waals surface area (Å²) in [6.45, 7) is 13.5. The third kappa shape index (κ3) is 5.93. The molecule has 3 nitrogen and oxygen atoms in total. The van der Waals surface area contributed by atoms with Gasteiger partial charge in [0, 0.05) is 29.7 Å². The number of nitrogens with one attached hydrogen (secondary N) is 1. The average molecular weight is 392 g/mol. The third-order valence-corrected chi connectivity index (χ3v) is 5.82. The number of para-hydroxylation sites is 2. The highest BCUT2D eigenvalue weighted by molar-refractivity contribution is 5.89. The monoisotopic (exact) mass is 391 g/mol. The molecule has 2 aromatic carbocycles. The van der Waals surface area contributed by atoms with Gasteiger partial charge in [-0.05, 0) is 55.0 Å². The third-order valence-electron chi connectivity index (χ3n) is 5.82. The largest absolute Gasteiger partial charge is 0.355 e. The fraction of sp³-hybridized carbons (Fsp3) is 0.500. The van der Waals surface area contributed by atoms with Crippen molar-refractivity contribution in [2.45, 2.75) is 58.8 Å². The Hall–Kier alpha value is -2.13. The van der Waals surface area contributed by atoms with Crippen LogP contribution in [0.4, 0.5) is 11.4 Å². The maximum absolute atomic E-state index is 4.75. The zero-order valence-electron chi connectivity index (χ0n) is 18.6. The minimum Gasteiger partial charge on any atom is -0.355 e. The molecule has 1 saturated heterocycles. The number of anilines is 2. The van der Waals surface area contributed by atoms with Crippen LogP contribution in [0, 0.1) is 0 Å². The summed E-state index contributed by atoms with van der Waals surface area (Å²) in [6, 6.07) is 15.2. The van der Waals surface area contributed by atoms with Crippen LogP contribution in [0.5, 0.6) is 0 Å². The molecule has 1 aliphatic heterocycles. The van der Waals surface area contributed by atoms with Crippen LogP contribution in [0.3, 0.4) is 0 Å². The zero-order valence-corrected chi connectivity index (χ0v) is 18.6. The fourth-order valence-electron chi connectivity index (χ4n) is 4.10. The number of rotatable bonds is 8. The van der Waals surface area contributed by atoms with E-state index in [0.717, 1.165) is 24.3 Å². The van der Waals surface area contributed by atoms with Gasteiger partial charge < -0.3 is 10.2 Å². The Labute approximate surface area is 177 Å². The maximum atomic E-state index is 4.75. The SMILES string of the molecule is CC(C)c1cccc(C(C)C)c1Nc1ccccc1C=NCCN1CCCCC1. The second-order valence-electron chi connectivity index (χ2n) is 8.77. The normalized spacial score (nSPS) is 15.5. The molecular formula is C26H37N3. The lowest BCUT2D eigenvalue weighted by Gasteiger charge is -2.25. The number of aliphatic imine (C=N–C) groups is 1. The topological polar surface area (TPSA) is 27.6 Å².